The Morgan fingerprint density at radius 1 is 0.507 bits per heavy atom. The van der Waals surface area contributed by atoms with Gasteiger partial charge in [0, 0.05) is 12.8 Å². The first-order valence-corrected chi connectivity index (χ1v) is 25.8. The molecule has 5 atom stereocenters. The first-order chi connectivity index (χ1) is 32.2. The lowest BCUT2D eigenvalue weighted by atomic mass is 10.2. The van der Waals surface area contributed by atoms with E-state index in [-0.39, 0.29) is 12.8 Å². The van der Waals surface area contributed by atoms with Gasteiger partial charge in [0.15, 0.2) is 6.10 Å². The van der Waals surface area contributed by atoms with Gasteiger partial charge in [-0.1, -0.05) is 160 Å². The first kappa shape index (κ1) is 62.9. The maximum atomic E-state index is 12.7. The number of ether oxygens (including phenoxy) is 2. The quantitative estimate of drug-likeness (QED) is 0.0110. The Kier molecular flexibility index (Phi) is 40.6. The minimum absolute atomic E-state index is 0.0169. The van der Waals surface area contributed by atoms with Crippen molar-refractivity contribution in [2.24, 2.45) is 0 Å². The minimum atomic E-state index is -4.90. The number of carbonyl (C=O) groups excluding carboxylic acids is 2. The molecule has 0 bridgehead atoms. The van der Waals surface area contributed by atoms with Crippen molar-refractivity contribution in [2.75, 3.05) is 26.4 Å². The molecule has 0 saturated heterocycles. The van der Waals surface area contributed by atoms with Gasteiger partial charge in [-0.2, -0.15) is 0 Å². The molecule has 0 aliphatic heterocycles. The second-order valence-electron chi connectivity index (χ2n) is 14.6. The molecule has 0 heterocycles. The standard InChI is InChI=1S/C50H76O15P2/c1-3-5-7-8-9-10-11-12-13-14-15-16-17-18-19-20-24-27-33-40-50(55)65-48(44-64-67(59,60)63-42-47(53)41-62-66(56,57)58)43-61-49(54)39-34-28-32-38-46(52)37-31-26-23-21-22-25-30-36-45(51)35-29-6-4-2/h5-7,9-10,12-13,15-16,18-19,22-27,29-32,36-38,45-48,51-53H,3-4,8,11,14,17,20-21,28,33-35,39-44H2,1-2H3,(H,59,60)(H2,56,57,58)/b7-5-,10-9-,13-12-,16-15-,19-18-,25-22-,26-23-,27-24-,29-6-,36-30+,37-31+,38-32-/t45-,46-,47+,48-/m1/s1. The monoisotopic (exact) mass is 978 g/mol. The van der Waals surface area contributed by atoms with Crippen LogP contribution in [0.3, 0.4) is 0 Å². The summed E-state index contributed by atoms with van der Waals surface area (Å²) in [6.07, 6.45) is 50.7. The van der Waals surface area contributed by atoms with Gasteiger partial charge in [0.05, 0.1) is 32.0 Å². The summed E-state index contributed by atoms with van der Waals surface area (Å²) in [6.45, 7) is 1.12. The number of hydrogen-bond donors (Lipinski definition) is 6. The van der Waals surface area contributed by atoms with Crippen molar-refractivity contribution >= 4 is 27.6 Å². The molecule has 0 aromatic heterocycles. The average Bonchev–Trinajstić information content (AvgIpc) is 3.28. The molecule has 0 aliphatic rings. The van der Waals surface area contributed by atoms with Crippen molar-refractivity contribution < 1.29 is 71.8 Å². The van der Waals surface area contributed by atoms with Gasteiger partial charge in [-0.3, -0.25) is 23.2 Å². The average molecular weight is 979 g/mol. The molecule has 6 N–H and O–H groups in total. The number of unbranched alkanes of at least 4 members (excludes halogenated alkanes) is 1. The zero-order valence-electron chi connectivity index (χ0n) is 39.1. The number of esters is 2. The third-order valence-corrected chi connectivity index (χ3v) is 9.84. The van der Waals surface area contributed by atoms with Crippen molar-refractivity contribution in [1.29, 1.82) is 0 Å². The summed E-state index contributed by atoms with van der Waals surface area (Å²) in [7, 11) is -9.79. The first-order valence-electron chi connectivity index (χ1n) is 22.8. The molecule has 0 radical (unpaired) electrons. The maximum Gasteiger partial charge on any atom is 0.472 e. The van der Waals surface area contributed by atoms with Crippen molar-refractivity contribution in [3.8, 4) is 0 Å². The van der Waals surface area contributed by atoms with Crippen molar-refractivity contribution in [3.05, 3.63) is 146 Å². The Balaban J connectivity index is 4.87. The molecular weight excluding hydrogens is 902 g/mol. The van der Waals surface area contributed by atoms with Crippen LogP contribution < -0.4 is 0 Å². The van der Waals surface area contributed by atoms with Gasteiger partial charge < -0.3 is 39.5 Å². The number of rotatable bonds is 40. The van der Waals surface area contributed by atoms with Crippen LogP contribution in [-0.2, 0) is 41.8 Å². The fourth-order valence-electron chi connectivity index (χ4n) is 4.99. The van der Waals surface area contributed by atoms with Gasteiger partial charge in [-0.05, 0) is 77.0 Å². The predicted octanol–water partition coefficient (Wildman–Crippen LogP) is 9.94. The Hall–Kier alpha value is -4.08. The van der Waals surface area contributed by atoms with Crippen molar-refractivity contribution in [3.63, 3.8) is 0 Å². The van der Waals surface area contributed by atoms with E-state index >= 15 is 0 Å². The van der Waals surface area contributed by atoms with E-state index in [9.17, 15) is 38.9 Å². The predicted molar refractivity (Wildman–Crippen MR) is 264 cm³/mol. The smallest absolute Gasteiger partial charge is 0.462 e. The van der Waals surface area contributed by atoms with E-state index in [0.717, 1.165) is 38.5 Å². The molecule has 17 heteroatoms. The molecule has 0 amide bonds. The lowest BCUT2D eigenvalue weighted by Gasteiger charge is -2.20. The number of phosphoric ester groups is 2. The number of carbonyl (C=O) groups is 2. The van der Waals surface area contributed by atoms with Crippen LogP contribution in [0.5, 0.6) is 0 Å². The van der Waals surface area contributed by atoms with E-state index in [0.29, 0.717) is 38.5 Å². The van der Waals surface area contributed by atoms with E-state index < -0.39 is 78.4 Å². The van der Waals surface area contributed by atoms with E-state index in [1.54, 1.807) is 42.5 Å². The van der Waals surface area contributed by atoms with Crippen LogP contribution in [0.25, 0.3) is 0 Å². The number of allylic oxidation sites excluding steroid dienone is 20. The van der Waals surface area contributed by atoms with Gasteiger partial charge in [-0.15, -0.1) is 0 Å². The highest BCUT2D eigenvalue weighted by Gasteiger charge is 2.28. The largest absolute Gasteiger partial charge is 0.472 e. The maximum absolute atomic E-state index is 12.7. The second-order valence-corrected chi connectivity index (χ2v) is 17.3. The molecule has 67 heavy (non-hydrogen) atoms. The second kappa shape index (κ2) is 43.2. The van der Waals surface area contributed by atoms with Crippen LogP contribution in [-0.4, -0.2) is 92.8 Å². The van der Waals surface area contributed by atoms with Crippen LogP contribution in [0, 0.1) is 0 Å². The zero-order valence-corrected chi connectivity index (χ0v) is 40.9. The third-order valence-electron chi connectivity index (χ3n) is 8.40. The molecule has 0 aromatic rings. The SMILES string of the molecule is CC/C=C\C/C=C\C/C=C\C/C=C\C/C=C\C/C=C\CCC(=O)O[C@H](COC(=O)CCC/C=C\[C@H](O)/C=C/C=C\C/C=C\C=C\[C@H](O)C/C=C\CC)COP(=O)(O)OC[C@@H](O)COP(=O)(O)O. The molecule has 0 aliphatic carbocycles. The lowest BCUT2D eigenvalue weighted by Crippen LogP contribution is -2.29. The van der Waals surface area contributed by atoms with Crippen LogP contribution in [0.4, 0.5) is 0 Å². The van der Waals surface area contributed by atoms with Crippen LogP contribution in [0.1, 0.15) is 104 Å². The molecule has 15 nitrogen and oxygen atoms in total. The number of aliphatic hydroxyl groups is 3. The normalized spacial score (nSPS) is 16.1. The Morgan fingerprint density at radius 3 is 1.60 bits per heavy atom. The summed E-state index contributed by atoms with van der Waals surface area (Å²) in [5, 5.41) is 29.8. The summed E-state index contributed by atoms with van der Waals surface area (Å²) in [6, 6.07) is 0. The molecule has 0 saturated carbocycles. The van der Waals surface area contributed by atoms with Crippen LogP contribution >= 0.6 is 15.6 Å². The van der Waals surface area contributed by atoms with Gasteiger partial charge in [0.1, 0.15) is 12.7 Å². The fourth-order valence-corrected chi connectivity index (χ4v) is 6.15. The van der Waals surface area contributed by atoms with Crippen molar-refractivity contribution in [1.82, 2.24) is 0 Å². The van der Waals surface area contributed by atoms with E-state index in [4.69, 9.17) is 23.8 Å². The summed E-state index contributed by atoms with van der Waals surface area (Å²) >= 11 is 0. The molecule has 1 unspecified atom stereocenters. The Morgan fingerprint density at radius 2 is 1.01 bits per heavy atom. The van der Waals surface area contributed by atoms with Gasteiger partial charge in [0.25, 0.3) is 0 Å². The summed E-state index contributed by atoms with van der Waals surface area (Å²) < 4.78 is 47.6. The van der Waals surface area contributed by atoms with Gasteiger partial charge in [0.2, 0.25) is 0 Å². The molecule has 376 valence electrons. The van der Waals surface area contributed by atoms with E-state index in [2.05, 4.69) is 64.6 Å². The topological polar surface area (TPSA) is 236 Å². The number of phosphoric acid groups is 2. The molecule has 0 aromatic carbocycles. The molecular formula is C50H76O15P2. The van der Waals surface area contributed by atoms with Crippen molar-refractivity contribution in [2.45, 2.75) is 128 Å². The molecule has 0 fully saturated rings. The lowest BCUT2D eigenvalue weighted by molar-refractivity contribution is -0.161. The summed E-state index contributed by atoms with van der Waals surface area (Å²) in [5.41, 5.74) is 0. The minimum Gasteiger partial charge on any atom is -0.462 e. The Bertz CT molecular complexity index is 1760. The fraction of sp³-hybridized carbons (Fsp3) is 0.480. The zero-order chi connectivity index (χ0) is 49.7. The number of hydrogen-bond acceptors (Lipinski definition) is 12. The molecule has 0 spiro atoms. The summed E-state index contributed by atoms with van der Waals surface area (Å²) in [4.78, 5) is 52.7. The Labute approximate surface area is 398 Å². The van der Waals surface area contributed by atoms with Crippen LogP contribution in [0.2, 0.25) is 0 Å². The van der Waals surface area contributed by atoms with E-state index in [1.807, 2.05) is 61.6 Å². The third kappa shape index (κ3) is 46.8. The highest BCUT2D eigenvalue weighted by Crippen LogP contribution is 2.43. The molecule has 0 rings (SSSR count). The van der Waals surface area contributed by atoms with Gasteiger partial charge >= 0.3 is 27.6 Å². The van der Waals surface area contributed by atoms with Crippen LogP contribution in [0.15, 0.2) is 146 Å². The summed E-state index contributed by atoms with van der Waals surface area (Å²) in [5.74, 6) is -1.33. The highest BCUT2D eigenvalue weighted by atomic mass is 31.2. The van der Waals surface area contributed by atoms with E-state index in [1.165, 1.54) is 0 Å². The highest BCUT2D eigenvalue weighted by molar-refractivity contribution is 7.47. The number of aliphatic hydroxyl groups excluding tert-OH is 3. The van der Waals surface area contributed by atoms with Gasteiger partial charge in [-0.25, -0.2) is 9.13 Å².